The molecule has 0 unspecified atom stereocenters. The summed E-state index contributed by atoms with van der Waals surface area (Å²) in [5.74, 6) is 5.43. The summed E-state index contributed by atoms with van der Waals surface area (Å²) in [7, 11) is 0. The molecule has 8 nitrogen and oxygen atoms in total. The standard InChI is InChI=1S/C8H16N6O2/c1-8(2,15)3-16-6-4(9)5(14-11)12-7(10)13-6/h15H,3,9,11H2,1-2H3,(H3,10,12,13,14). The lowest BCUT2D eigenvalue weighted by atomic mass is 10.2. The van der Waals surface area contributed by atoms with Gasteiger partial charge in [0.15, 0.2) is 5.82 Å². The van der Waals surface area contributed by atoms with E-state index in [1.54, 1.807) is 13.8 Å². The van der Waals surface area contributed by atoms with Crippen molar-refractivity contribution in [1.29, 1.82) is 0 Å². The van der Waals surface area contributed by atoms with Gasteiger partial charge in [0.05, 0.1) is 5.60 Å². The fourth-order valence-corrected chi connectivity index (χ4v) is 0.930. The fraction of sp³-hybridized carbons (Fsp3) is 0.500. The highest BCUT2D eigenvalue weighted by atomic mass is 16.5. The summed E-state index contributed by atoms with van der Waals surface area (Å²) in [6.07, 6.45) is 0. The van der Waals surface area contributed by atoms with E-state index in [9.17, 15) is 5.11 Å². The third-order valence-electron chi connectivity index (χ3n) is 1.63. The molecular formula is C8H16N6O2. The highest BCUT2D eigenvalue weighted by Crippen LogP contribution is 2.26. The molecule has 0 spiro atoms. The van der Waals surface area contributed by atoms with Gasteiger partial charge in [-0.3, -0.25) is 0 Å². The first-order valence-electron chi connectivity index (χ1n) is 4.58. The molecule has 8 heteroatoms. The summed E-state index contributed by atoms with van der Waals surface area (Å²) in [5.41, 5.74) is 12.5. The molecule has 0 aliphatic carbocycles. The molecule has 0 amide bonds. The van der Waals surface area contributed by atoms with E-state index in [1.165, 1.54) is 0 Å². The minimum atomic E-state index is -0.998. The molecular weight excluding hydrogens is 212 g/mol. The molecule has 16 heavy (non-hydrogen) atoms. The zero-order valence-electron chi connectivity index (χ0n) is 9.19. The molecule has 0 aliphatic rings. The van der Waals surface area contributed by atoms with Crippen LogP contribution < -0.4 is 27.5 Å². The topological polar surface area (TPSA) is 145 Å². The van der Waals surface area contributed by atoms with Crippen molar-refractivity contribution in [3.63, 3.8) is 0 Å². The predicted molar refractivity (Wildman–Crippen MR) is 60.5 cm³/mol. The van der Waals surface area contributed by atoms with Crippen molar-refractivity contribution in [2.75, 3.05) is 23.5 Å². The normalized spacial score (nSPS) is 11.2. The smallest absolute Gasteiger partial charge is 0.244 e. The minimum Gasteiger partial charge on any atom is -0.473 e. The van der Waals surface area contributed by atoms with Crippen LogP contribution in [0.15, 0.2) is 0 Å². The van der Waals surface area contributed by atoms with Crippen molar-refractivity contribution in [3.05, 3.63) is 0 Å². The lowest BCUT2D eigenvalue weighted by Gasteiger charge is -2.18. The van der Waals surface area contributed by atoms with Crippen LogP contribution in [0.2, 0.25) is 0 Å². The Hall–Kier alpha value is -1.80. The minimum absolute atomic E-state index is 0.0205. The third kappa shape index (κ3) is 3.11. The second-order valence-electron chi connectivity index (χ2n) is 3.89. The van der Waals surface area contributed by atoms with Crippen LogP contribution in [-0.2, 0) is 0 Å². The van der Waals surface area contributed by atoms with Gasteiger partial charge < -0.3 is 26.7 Å². The Morgan fingerprint density at radius 1 is 1.38 bits per heavy atom. The summed E-state index contributed by atoms with van der Waals surface area (Å²) in [6, 6.07) is 0. The Morgan fingerprint density at radius 2 is 2.00 bits per heavy atom. The van der Waals surface area contributed by atoms with Crippen LogP contribution in [0, 0.1) is 0 Å². The number of nitrogens with zero attached hydrogens (tertiary/aromatic N) is 2. The third-order valence-corrected chi connectivity index (χ3v) is 1.63. The number of nitrogens with two attached hydrogens (primary N) is 3. The maximum absolute atomic E-state index is 9.48. The van der Waals surface area contributed by atoms with Crippen molar-refractivity contribution < 1.29 is 9.84 Å². The number of rotatable bonds is 4. The molecule has 1 aromatic heterocycles. The number of aromatic nitrogens is 2. The quantitative estimate of drug-likeness (QED) is 0.328. The molecule has 0 saturated carbocycles. The second-order valence-corrected chi connectivity index (χ2v) is 3.89. The Kier molecular flexibility index (Phi) is 3.35. The van der Waals surface area contributed by atoms with E-state index in [1.807, 2.05) is 0 Å². The molecule has 0 aliphatic heterocycles. The largest absolute Gasteiger partial charge is 0.473 e. The fourth-order valence-electron chi connectivity index (χ4n) is 0.930. The molecule has 1 heterocycles. The number of hydrogen-bond donors (Lipinski definition) is 5. The molecule has 90 valence electrons. The molecule has 8 N–H and O–H groups in total. The number of anilines is 3. The lowest BCUT2D eigenvalue weighted by Crippen LogP contribution is -2.28. The second kappa shape index (κ2) is 4.37. The summed E-state index contributed by atoms with van der Waals surface area (Å²) < 4.78 is 5.22. The molecule has 1 rings (SSSR count). The van der Waals surface area contributed by atoms with E-state index in [2.05, 4.69) is 15.4 Å². The van der Waals surface area contributed by atoms with Gasteiger partial charge >= 0.3 is 0 Å². The zero-order chi connectivity index (χ0) is 12.3. The Balaban J connectivity index is 2.91. The number of aliphatic hydroxyl groups is 1. The molecule has 0 radical (unpaired) electrons. The van der Waals surface area contributed by atoms with Gasteiger partial charge in [-0.1, -0.05) is 0 Å². The van der Waals surface area contributed by atoms with Crippen LogP contribution in [0.4, 0.5) is 17.5 Å². The van der Waals surface area contributed by atoms with Crippen molar-refractivity contribution in [3.8, 4) is 5.88 Å². The van der Waals surface area contributed by atoms with Gasteiger partial charge in [-0.15, -0.1) is 0 Å². The summed E-state index contributed by atoms with van der Waals surface area (Å²) in [5, 5.41) is 9.48. The number of nitrogens with one attached hydrogen (secondary N) is 1. The van der Waals surface area contributed by atoms with Crippen LogP contribution in [-0.4, -0.2) is 27.3 Å². The summed E-state index contributed by atoms with van der Waals surface area (Å²) >= 11 is 0. The molecule has 0 bridgehead atoms. The first-order valence-corrected chi connectivity index (χ1v) is 4.58. The van der Waals surface area contributed by atoms with E-state index in [0.717, 1.165) is 0 Å². The van der Waals surface area contributed by atoms with Gasteiger partial charge in [0.1, 0.15) is 12.3 Å². The molecule has 0 atom stereocenters. The Morgan fingerprint density at radius 3 is 2.50 bits per heavy atom. The molecule has 0 saturated heterocycles. The van der Waals surface area contributed by atoms with E-state index in [0.29, 0.717) is 0 Å². The number of ether oxygens (including phenoxy) is 1. The maximum Gasteiger partial charge on any atom is 0.244 e. The zero-order valence-corrected chi connectivity index (χ0v) is 9.19. The highest BCUT2D eigenvalue weighted by Gasteiger charge is 2.17. The average Bonchev–Trinajstić information content (AvgIpc) is 2.17. The monoisotopic (exact) mass is 228 g/mol. The molecule has 1 aromatic rings. The van der Waals surface area contributed by atoms with Gasteiger partial charge in [-0.05, 0) is 13.8 Å². The summed E-state index contributed by atoms with van der Waals surface area (Å²) in [6.45, 7) is 3.21. The van der Waals surface area contributed by atoms with E-state index in [4.69, 9.17) is 22.0 Å². The first kappa shape index (κ1) is 12.3. The first-order chi connectivity index (χ1) is 7.33. The summed E-state index contributed by atoms with van der Waals surface area (Å²) in [4.78, 5) is 7.56. The SMILES string of the molecule is CC(C)(O)COc1nc(N)nc(NN)c1N. The van der Waals surface area contributed by atoms with Gasteiger partial charge in [0, 0.05) is 0 Å². The number of nitrogen functional groups attached to an aromatic ring is 3. The molecule has 0 aromatic carbocycles. The van der Waals surface area contributed by atoms with Crippen LogP contribution >= 0.6 is 0 Å². The Bertz CT molecular complexity index is 376. The van der Waals surface area contributed by atoms with Crippen LogP contribution in [0.25, 0.3) is 0 Å². The van der Waals surface area contributed by atoms with Crippen molar-refractivity contribution in [2.24, 2.45) is 5.84 Å². The lowest BCUT2D eigenvalue weighted by molar-refractivity contribution is 0.0272. The van der Waals surface area contributed by atoms with Crippen molar-refractivity contribution >= 4 is 17.5 Å². The molecule has 0 fully saturated rings. The van der Waals surface area contributed by atoms with E-state index < -0.39 is 5.60 Å². The predicted octanol–water partition coefficient (Wildman–Crippen LogP) is -0.924. The van der Waals surface area contributed by atoms with Gasteiger partial charge in [-0.2, -0.15) is 9.97 Å². The Labute approximate surface area is 92.8 Å². The van der Waals surface area contributed by atoms with Crippen LogP contribution in [0.5, 0.6) is 5.88 Å². The number of hydrazine groups is 1. The van der Waals surface area contributed by atoms with E-state index in [-0.39, 0.29) is 29.9 Å². The maximum atomic E-state index is 9.48. The van der Waals surface area contributed by atoms with Crippen molar-refractivity contribution in [2.45, 2.75) is 19.4 Å². The highest BCUT2D eigenvalue weighted by molar-refractivity contribution is 5.67. The van der Waals surface area contributed by atoms with Gasteiger partial charge in [0.25, 0.3) is 0 Å². The van der Waals surface area contributed by atoms with Crippen LogP contribution in [0.3, 0.4) is 0 Å². The number of hydrogen-bond acceptors (Lipinski definition) is 8. The van der Waals surface area contributed by atoms with Crippen LogP contribution in [0.1, 0.15) is 13.8 Å². The van der Waals surface area contributed by atoms with Crippen molar-refractivity contribution in [1.82, 2.24) is 9.97 Å². The average molecular weight is 228 g/mol. The van der Waals surface area contributed by atoms with E-state index >= 15 is 0 Å². The van der Waals surface area contributed by atoms with Gasteiger partial charge in [0.2, 0.25) is 11.8 Å². The van der Waals surface area contributed by atoms with Gasteiger partial charge in [-0.25, -0.2) is 5.84 Å².